The summed E-state index contributed by atoms with van der Waals surface area (Å²) in [5, 5.41) is 5.66. The van der Waals surface area contributed by atoms with Crippen molar-refractivity contribution in [1.29, 1.82) is 0 Å². The van der Waals surface area contributed by atoms with Gasteiger partial charge in [0.25, 0.3) is 5.91 Å². The highest BCUT2D eigenvalue weighted by molar-refractivity contribution is 7.15. The molecule has 28 heavy (non-hydrogen) atoms. The van der Waals surface area contributed by atoms with Gasteiger partial charge in [0.05, 0.1) is 20.8 Å². The zero-order valence-corrected chi connectivity index (χ0v) is 17.2. The molecule has 9 heteroatoms. The second-order valence-corrected chi connectivity index (χ2v) is 7.92. The first-order valence-electron chi connectivity index (χ1n) is 8.09. The van der Waals surface area contributed by atoms with Crippen LogP contribution in [0.3, 0.4) is 0 Å². The van der Waals surface area contributed by atoms with Crippen molar-refractivity contribution in [3.05, 3.63) is 69.2 Å². The van der Waals surface area contributed by atoms with E-state index < -0.39 is 0 Å². The van der Waals surface area contributed by atoms with Crippen molar-refractivity contribution in [1.82, 2.24) is 9.38 Å². The van der Waals surface area contributed by atoms with Crippen LogP contribution < -0.4 is 10.1 Å². The smallest absolute Gasteiger partial charge is 0.262 e. The predicted octanol–water partition coefficient (Wildman–Crippen LogP) is 6.04. The first-order chi connectivity index (χ1) is 13.5. The van der Waals surface area contributed by atoms with Gasteiger partial charge in [-0.2, -0.15) is 0 Å². The van der Waals surface area contributed by atoms with Gasteiger partial charge in [0, 0.05) is 35.1 Å². The fourth-order valence-corrected chi connectivity index (χ4v) is 3.84. The first kappa shape index (κ1) is 19.1. The summed E-state index contributed by atoms with van der Waals surface area (Å²) in [6, 6.07) is 10.4. The molecule has 4 rings (SSSR count). The number of ether oxygens (including phenoxy) is 1. The summed E-state index contributed by atoms with van der Waals surface area (Å²) in [7, 11) is 0. The molecule has 2 aromatic carbocycles. The van der Waals surface area contributed by atoms with E-state index in [1.54, 1.807) is 11.3 Å². The van der Waals surface area contributed by atoms with E-state index in [1.807, 2.05) is 46.4 Å². The Hall–Kier alpha value is -2.25. The molecular weight excluding hydrogens is 441 g/mol. The highest BCUT2D eigenvalue weighted by Gasteiger charge is 2.10. The van der Waals surface area contributed by atoms with Gasteiger partial charge in [-0.15, -0.1) is 11.3 Å². The Morgan fingerprint density at radius 2 is 1.86 bits per heavy atom. The third-order valence-corrected chi connectivity index (χ3v) is 5.68. The standard InChI is InChI=1S/C19H12Cl3N3O2S/c20-13-7-15(22)17(8-14(13)21)27-10-18(26)23-12-3-1-11(2-4-12)16-9-25-5-6-28-19(25)24-16/h1-9H,10H2,(H,23,26). The van der Waals surface area contributed by atoms with Crippen LogP contribution >= 0.6 is 46.1 Å². The highest BCUT2D eigenvalue weighted by Crippen LogP contribution is 2.33. The Kier molecular flexibility index (Phi) is 5.46. The molecule has 142 valence electrons. The van der Waals surface area contributed by atoms with Gasteiger partial charge < -0.3 is 10.1 Å². The topological polar surface area (TPSA) is 55.6 Å². The number of carbonyl (C=O) groups is 1. The van der Waals surface area contributed by atoms with Crippen LogP contribution in [0.4, 0.5) is 5.69 Å². The van der Waals surface area contributed by atoms with Gasteiger partial charge >= 0.3 is 0 Å². The maximum absolute atomic E-state index is 12.1. The summed E-state index contributed by atoms with van der Waals surface area (Å²) in [6.07, 6.45) is 3.93. The van der Waals surface area contributed by atoms with E-state index in [1.165, 1.54) is 12.1 Å². The van der Waals surface area contributed by atoms with Crippen LogP contribution in [-0.2, 0) is 4.79 Å². The minimum Gasteiger partial charge on any atom is -0.482 e. The molecule has 0 aliphatic heterocycles. The Bertz CT molecular complexity index is 1130. The Labute approximate surface area is 179 Å². The molecule has 4 aromatic rings. The Morgan fingerprint density at radius 1 is 1.11 bits per heavy atom. The van der Waals surface area contributed by atoms with E-state index in [0.717, 1.165) is 16.2 Å². The zero-order chi connectivity index (χ0) is 19.7. The predicted molar refractivity (Wildman–Crippen MR) is 114 cm³/mol. The number of nitrogens with zero attached hydrogens (tertiary/aromatic N) is 2. The third-order valence-electron chi connectivity index (χ3n) is 3.89. The minimum absolute atomic E-state index is 0.212. The number of hydrogen-bond donors (Lipinski definition) is 1. The Balaban J connectivity index is 1.38. The van der Waals surface area contributed by atoms with Gasteiger partial charge in [0.1, 0.15) is 5.75 Å². The van der Waals surface area contributed by atoms with E-state index in [-0.39, 0.29) is 17.5 Å². The number of imidazole rings is 1. The fourth-order valence-electron chi connectivity index (χ4n) is 2.55. The van der Waals surface area contributed by atoms with Crippen molar-refractivity contribution in [2.75, 3.05) is 11.9 Å². The summed E-state index contributed by atoms with van der Waals surface area (Å²) in [6.45, 7) is -0.212. The SMILES string of the molecule is O=C(COc1cc(Cl)c(Cl)cc1Cl)Nc1ccc(-c2cn3ccsc3n2)cc1. The molecule has 1 N–H and O–H groups in total. The molecule has 0 aliphatic rings. The first-order valence-corrected chi connectivity index (χ1v) is 10.1. The number of aromatic nitrogens is 2. The van der Waals surface area contributed by atoms with Crippen LogP contribution in [0.15, 0.2) is 54.2 Å². The van der Waals surface area contributed by atoms with Crippen molar-refractivity contribution in [2.24, 2.45) is 0 Å². The summed E-state index contributed by atoms with van der Waals surface area (Å²) < 4.78 is 7.40. The largest absolute Gasteiger partial charge is 0.482 e. The normalized spacial score (nSPS) is 11.0. The van der Waals surface area contributed by atoms with Crippen LogP contribution in [0.25, 0.3) is 16.2 Å². The molecule has 0 saturated carbocycles. The fraction of sp³-hybridized carbons (Fsp3) is 0.0526. The quantitative estimate of drug-likeness (QED) is 0.376. The maximum atomic E-state index is 12.1. The number of fused-ring (bicyclic) bond motifs is 1. The zero-order valence-electron chi connectivity index (χ0n) is 14.2. The van der Waals surface area contributed by atoms with Gasteiger partial charge in [-0.1, -0.05) is 46.9 Å². The molecule has 0 saturated heterocycles. The van der Waals surface area contributed by atoms with Crippen molar-refractivity contribution in [3.8, 4) is 17.0 Å². The van der Waals surface area contributed by atoms with Crippen molar-refractivity contribution in [3.63, 3.8) is 0 Å². The number of halogens is 3. The number of thiazole rings is 1. The van der Waals surface area contributed by atoms with Crippen molar-refractivity contribution in [2.45, 2.75) is 0 Å². The number of nitrogens with one attached hydrogen (secondary N) is 1. The lowest BCUT2D eigenvalue weighted by Gasteiger charge is -2.10. The van der Waals surface area contributed by atoms with Gasteiger partial charge in [-0.05, 0) is 18.2 Å². The van der Waals surface area contributed by atoms with Gasteiger partial charge in [0.2, 0.25) is 0 Å². The molecule has 5 nitrogen and oxygen atoms in total. The lowest BCUT2D eigenvalue weighted by atomic mass is 10.1. The molecule has 0 aliphatic carbocycles. The summed E-state index contributed by atoms with van der Waals surface area (Å²) in [5.41, 5.74) is 2.49. The van der Waals surface area contributed by atoms with Gasteiger partial charge in [-0.25, -0.2) is 4.98 Å². The monoisotopic (exact) mass is 451 g/mol. The average molecular weight is 453 g/mol. The van der Waals surface area contributed by atoms with Gasteiger partial charge in [0.15, 0.2) is 11.6 Å². The average Bonchev–Trinajstić information content (AvgIpc) is 3.26. The molecule has 2 aromatic heterocycles. The maximum Gasteiger partial charge on any atom is 0.262 e. The Morgan fingerprint density at radius 3 is 2.61 bits per heavy atom. The van der Waals surface area contributed by atoms with Crippen LogP contribution in [0.5, 0.6) is 5.75 Å². The molecular formula is C19H12Cl3N3O2S. The highest BCUT2D eigenvalue weighted by atomic mass is 35.5. The van der Waals surface area contributed by atoms with Crippen LogP contribution in [0, 0.1) is 0 Å². The number of rotatable bonds is 5. The lowest BCUT2D eigenvalue weighted by molar-refractivity contribution is -0.118. The molecule has 0 fully saturated rings. The lowest BCUT2D eigenvalue weighted by Crippen LogP contribution is -2.20. The second kappa shape index (κ2) is 8.01. The summed E-state index contributed by atoms with van der Waals surface area (Å²) in [5.74, 6) is -0.0290. The van der Waals surface area contributed by atoms with Gasteiger partial charge in [-0.3, -0.25) is 9.20 Å². The molecule has 0 radical (unpaired) electrons. The number of anilines is 1. The molecule has 0 bridgehead atoms. The number of hydrogen-bond acceptors (Lipinski definition) is 4. The summed E-state index contributed by atoms with van der Waals surface area (Å²) >= 11 is 19.4. The number of benzene rings is 2. The van der Waals surface area contributed by atoms with E-state index in [2.05, 4.69) is 10.3 Å². The van der Waals surface area contributed by atoms with Crippen LogP contribution in [0.2, 0.25) is 15.1 Å². The molecule has 2 heterocycles. The molecule has 1 amide bonds. The van der Waals surface area contributed by atoms with E-state index >= 15 is 0 Å². The molecule has 0 atom stereocenters. The van der Waals surface area contributed by atoms with E-state index in [9.17, 15) is 4.79 Å². The third kappa shape index (κ3) is 4.10. The number of amides is 1. The van der Waals surface area contributed by atoms with Crippen molar-refractivity contribution >= 4 is 62.7 Å². The molecule has 0 spiro atoms. The van der Waals surface area contributed by atoms with E-state index in [0.29, 0.717) is 21.5 Å². The molecule has 0 unspecified atom stereocenters. The second-order valence-electron chi connectivity index (χ2n) is 5.83. The van der Waals surface area contributed by atoms with Crippen molar-refractivity contribution < 1.29 is 9.53 Å². The van der Waals surface area contributed by atoms with Crippen LogP contribution in [0.1, 0.15) is 0 Å². The van der Waals surface area contributed by atoms with E-state index in [4.69, 9.17) is 39.5 Å². The number of carbonyl (C=O) groups excluding carboxylic acids is 1. The summed E-state index contributed by atoms with van der Waals surface area (Å²) in [4.78, 5) is 17.6. The van der Waals surface area contributed by atoms with Crippen LogP contribution in [-0.4, -0.2) is 21.9 Å². The minimum atomic E-state index is -0.322.